The Morgan fingerprint density at radius 3 is 2.69 bits per heavy atom. The summed E-state index contributed by atoms with van der Waals surface area (Å²) in [4.78, 5) is 22.1. The van der Waals surface area contributed by atoms with Crippen LogP contribution >= 0.6 is 11.8 Å². The largest absolute Gasteiger partial charge is 0.490 e. The first kappa shape index (κ1) is 19.6. The summed E-state index contributed by atoms with van der Waals surface area (Å²) in [6.45, 7) is 0.383. The van der Waals surface area contributed by atoms with Crippen LogP contribution in [0.2, 0.25) is 0 Å². The van der Waals surface area contributed by atoms with Crippen molar-refractivity contribution in [3.05, 3.63) is 64.2 Å². The van der Waals surface area contributed by atoms with Crippen molar-refractivity contribution in [3.63, 3.8) is 0 Å². The van der Waals surface area contributed by atoms with E-state index < -0.39 is 4.92 Å². The monoisotopic (exact) mass is 376 g/mol. The third-order valence-corrected chi connectivity index (χ3v) is 4.43. The number of carbonyl (C=O) groups is 1. The molecule has 0 saturated heterocycles. The van der Waals surface area contributed by atoms with E-state index in [0.29, 0.717) is 12.3 Å². The van der Waals surface area contributed by atoms with Gasteiger partial charge in [-0.05, 0) is 11.6 Å². The van der Waals surface area contributed by atoms with Crippen LogP contribution in [0.4, 0.5) is 5.69 Å². The first-order valence-corrected chi connectivity index (χ1v) is 9.09. The van der Waals surface area contributed by atoms with Gasteiger partial charge in [-0.3, -0.25) is 14.9 Å². The molecule has 0 aliphatic rings. The molecular weight excluding hydrogens is 356 g/mol. The maximum absolute atomic E-state index is 11.8. The number of benzene rings is 2. The molecule has 26 heavy (non-hydrogen) atoms. The van der Waals surface area contributed by atoms with E-state index in [9.17, 15) is 14.9 Å². The third-order valence-electron chi connectivity index (χ3n) is 3.40. The van der Waals surface area contributed by atoms with Crippen LogP contribution in [0.5, 0.6) is 11.5 Å². The van der Waals surface area contributed by atoms with Gasteiger partial charge in [0, 0.05) is 30.2 Å². The molecule has 0 saturated carbocycles. The molecule has 0 heterocycles. The summed E-state index contributed by atoms with van der Waals surface area (Å²) in [5.74, 6) is 1.87. The summed E-state index contributed by atoms with van der Waals surface area (Å²) in [6, 6.07) is 14.2. The molecule has 1 amide bonds. The fraction of sp³-hybridized carbons (Fsp3) is 0.278. The molecule has 0 atom stereocenters. The second-order valence-corrected chi connectivity index (χ2v) is 6.37. The summed E-state index contributed by atoms with van der Waals surface area (Å²) < 4.78 is 10.3. The fourth-order valence-electron chi connectivity index (χ4n) is 2.13. The van der Waals surface area contributed by atoms with Crippen LogP contribution in [0.15, 0.2) is 48.5 Å². The van der Waals surface area contributed by atoms with E-state index >= 15 is 0 Å². The number of hydrogen-bond acceptors (Lipinski definition) is 6. The van der Waals surface area contributed by atoms with Crippen molar-refractivity contribution >= 4 is 23.4 Å². The number of methoxy groups -OCH3 is 1. The maximum Gasteiger partial charge on any atom is 0.311 e. The van der Waals surface area contributed by atoms with E-state index in [1.165, 1.54) is 30.9 Å². The lowest BCUT2D eigenvalue weighted by Gasteiger charge is -2.09. The van der Waals surface area contributed by atoms with Gasteiger partial charge in [-0.2, -0.15) is 11.8 Å². The zero-order chi connectivity index (χ0) is 18.8. The van der Waals surface area contributed by atoms with Gasteiger partial charge < -0.3 is 14.8 Å². The minimum Gasteiger partial charge on any atom is -0.490 e. The Morgan fingerprint density at radius 2 is 2.00 bits per heavy atom. The van der Waals surface area contributed by atoms with Crippen LogP contribution in [0.1, 0.15) is 5.56 Å². The van der Waals surface area contributed by atoms with E-state index in [1.54, 1.807) is 11.8 Å². The molecule has 0 spiro atoms. The molecule has 0 aliphatic carbocycles. The van der Waals surface area contributed by atoms with Crippen molar-refractivity contribution < 1.29 is 19.2 Å². The molecule has 0 aromatic heterocycles. The van der Waals surface area contributed by atoms with Crippen molar-refractivity contribution in [1.29, 1.82) is 0 Å². The SMILES string of the molecule is COc1cc(OCC(=O)NCCSCc2ccccc2)ccc1[N+](=O)[O-]. The summed E-state index contributed by atoms with van der Waals surface area (Å²) in [5, 5.41) is 13.6. The predicted molar refractivity (Wildman–Crippen MR) is 101 cm³/mol. The summed E-state index contributed by atoms with van der Waals surface area (Å²) in [5.41, 5.74) is 1.10. The summed E-state index contributed by atoms with van der Waals surface area (Å²) in [6.07, 6.45) is 0. The number of hydrogen-bond donors (Lipinski definition) is 1. The number of carbonyl (C=O) groups excluding carboxylic acids is 1. The van der Waals surface area contributed by atoms with Crippen molar-refractivity contribution in [2.24, 2.45) is 0 Å². The van der Waals surface area contributed by atoms with E-state index in [2.05, 4.69) is 17.4 Å². The van der Waals surface area contributed by atoms with Gasteiger partial charge in [0.05, 0.1) is 12.0 Å². The Balaban J connectivity index is 1.67. The van der Waals surface area contributed by atoms with E-state index in [-0.39, 0.29) is 24.0 Å². The summed E-state index contributed by atoms with van der Waals surface area (Å²) >= 11 is 1.74. The van der Waals surface area contributed by atoms with Crippen LogP contribution in [-0.2, 0) is 10.5 Å². The molecule has 2 aromatic carbocycles. The molecule has 2 rings (SSSR count). The number of ether oxygens (including phenoxy) is 2. The molecule has 0 fully saturated rings. The second-order valence-electron chi connectivity index (χ2n) is 5.27. The molecule has 0 bridgehead atoms. The first-order chi connectivity index (χ1) is 12.6. The highest BCUT2D eigenvalue weighted by atomic mass is 32.2. The van der Waals surface area contributed by atoms with E-state index in [4.69, 9.17) is 9.47 Å². The summed E-state index contributed by atoms with van der Waals surface area (Å²) in [7, 11) is 1.34. The van der Waals surface area contributed by atoms with Crippen LogP contribution in [0, 0.1) is 10.1 Å². The number of nitrogens with zero attached hydrogens (tertiary/aromatic N) is 1. The van der Waals surface area contributed by atoms with Gasteiger partial charge >= 0.3 is 5.69 Å². The van der Waals surface area contributed by atoms with E-state index in [1.807, 2.05) is 18.2 Å². The standard InChI is InChI=1S/C18H20N2O5S/c1-24-17-11-15(7-8-16(17)20(22)23)25-12-18(21)19-9-10-26-13-14-5-3-2-4-6-14/h2-8,11H,9-10,12-13H2,1H3,(H,19,21). The molecule has 0 unspecified atom stereocenters. The Kier molecular flexibility index (Phi) is 7.75. The third kappa shape index (κ3) is 6.29. The molecule has 0 radical (unpaired) electrons. The van der Waals surface area contributed by atoms with Crippen molar-refractivity contribution in [2.45, 2.75) is 5.75 Å². The highest BCUT2D eigenvalue weighted by molar-refractivity contribution is 7.98. The lowest BCUT2D eigenvalue weighted by Crippen LogP contribution is -2.30. The van der Waals surface area contributed by atoms with Gasteiger partial charge in [-0.15, -0.1) is 0 Å². The smallest absolute Gasteiger partial charge is 0.311 e. The zero-order valence-electron chi connectivity index (χ0n) is 14.3. The number of nitro benzene ring substituents is 1. The van der Waals surface area contributed by atoms with Gasteiger partial charge in [-0.1, -0.05) is 30.3 Å². The number of nitro groups is 1. The first-order valence-electron chi connectivity index (χ1n) is 7.93. The van der Waals surface area contributed by atoms with Gasteiger partial charge in [0.2, 0.25) is 5.75 Å². The molecule has 138 valence electrons. The van der Waals surface area contributed by atoms with Gasteiger partial charge in [0.1, 0.15) is 5.75 Å². The van der Waals surface area contributed by atoms with E-state index in [0.717, 1.165) is 11.5 Å². The highest BCUT2D eigenvalue weighted by Gasteiger charge is 2.15. The minimum absolute atomic E-state index is 0.0882. The van der Waals surface area contributed by atoms with Crippen LogP contribution < -0.4 is 14.8 Å². The Hall–Kier alpha value is -2.74. The topological polar surface area (TPSA) is 90.7 Å². The van der Waals surface area contributed by atoms with Crippen molar-refractivity contribution in [1.82, 2.24) is 5.32 Å². The lowest BCUT2D eigenvalue weighted by molar-refractivity contribution is -0.385. The second kappa shape index (κ2) is 10.3. The Labute approximate surface area is 155 Å². The average Bonchev–Trinajstić information content (AvgIpc) is 2.66. The lowest BCUT2D eigenvalue weighted by atomic mass is 10.2. The van der Waals surface area contributed by atoms with Crippen molar-refractivity contribution in [3.8, 4) is 11.5 Å². The number of thioether (sulfide) groups is 1. The quantitative estimate of drug-likeness (QED) is 0.389. The molecule has 1 N–H and O–H groups in total. The fourth-order valence-corrected chi connectivity index (χ4v) is 2.94. The normalized spacial score (nSPS) is 10.2. The molecular formula is C18H20N2O5S. The molecule has 8 heteroatoms. The minimum atomic E-state index is -0.539. The van der Waals surface area contributed by atoms with Gasteiger partial charge in [-0.25, -0.2) is 0 Å². The molecule has 0 aliphatic heterocycles. The highest BCUT2D eigenvalue weighted by Crippen LogP contribution is 2.30. The van der Waals surface area contributed by atoms with Crippen LogP contribution in [0.25, 0.3) is 0 Å². The van der Waals surface area contributed by atoms with Crippen molar-refractivity contribution in [2.75, 3.05) is 26.0 Å². The average molecular weight is 376 g/mol. The number of nitrogens with one attached hydrogen (secondary N) is 1. The zero-order valence-corrected chi connectivity index (χ0v) is 15.2. The Morgan fingerprint density at radius 1 is 1.23 bits per heavy atom. The van der Waals surface area contributed by atoms with Crippen LogP contribution in [0.3, 0.4) is 0 Å². The van der Waals surface area contributed by atoms with Gasteiger partial charge in [0.15, 0.2) is 6.61 Å². The maximum atomic E-state index is 11.8. The molecule has 7 nitrogen and oxygen atoms in total. The van der Waals surface area contributed by atoms with Gasteiger partial charge in [0.25, 0.3) is 5.91 Å². The number of amides is 1. The van der Waals surface area contributed by atoms with Crippen LogP contribution in [-0.4, -0.2) is 36.8 Å². The molecule has 2 aromatic rings. The Bertz CT molecular complexity index is 740. The predicted octanol–water partition coefficient (Wildman–Crippen LogP) is 3.03. The number of rotatable bonds is 10.